The Labute approximate surface area is 100 Å². The van der Waals surface area contributed by atoms with Crippen LogP contribution >= 0.6 is 0 Å². The molecule has 0 saturated carbocycles. The van der Waals surface area contributed by atoms with Crippen LogP contribution < -0.4 is 5.32 Å². The van der Waals surface area contributed by atoms with Crippen LogP contribution in [0.5, 0.6) is 0 Å². The molecule has 2 unspecified atom stereocenters. The van der Waals surface area contributed by atoms with Crippen LogP contribution in [0.15, 0.2) is 24.3 Å². The molecule has 1 N–H and O–H groups in total. The number of nitrogens with one attached hydrogen (secondary N) is 1. The average Bonchev–Trinajstić information content (AvgIpc) is 2.29. The highest BCUT2D eigenvalue weighted by Crippen LogP contribution is 2.19. The van der Waals surface area contributed by atoms with Gasteiger partial charge in [-0.1, -0.05) is 45.0 Å². The maximum absolute atomic E-state index is 3.44. The Hall–Kier alpha value is -0.820. The predicted molar refractivity (Wildman–Crippen MR) is 72.0 cm³/mol. The Morgan fingerprint density at radius 1 is 1.06 bits per heavy atom. The molecule has 0 bridgehead atoms. The highest BCUT2D eigenvalue weighted by Gasteiger charge is 2.04. The number of likely N-dealkylation sites (N-methyl/N-ethyl adjacent to an activating group) is 1. The molecule has 0 fully saturated rings. The van der Waals surface area contributed by atoms with E-state index >= 15 is 0 Å². The summed E-state index contributed by atoms with van der Waals surface area (Å²) in [5, 5.41) is 3.44. The van der Waals surface area contributed by atoms with Gasteiger partial charge < -0.3 is 5.32 Å². The lowest BCUT2D eigenvalue weighted by molar-refractivity contribution is 0.565. The van der Waals surface area contributed by atoms with E-state index < -0.39 is 0 Å². The summed E-state index contributed by atoms with van der Waals surface area (Å²) in [5.74, 6) is 0.681. The zero-order valence-electron chi connectivity index (χ0n) is 11.1. The Bertz CT molecular complexity index is 289. The van der Waals surface area contributed by atoms with Crippen molar-refractivity contribution in [2.24, 2.45) is 0 Å². The minimum absolute atomic E-state index is 0.569. The smallest absolute Gasteiger partial charge is 0.00790 e. The van der Waals surface area contributed by atoms with Crippen LogP contribution in [0.4, 0.5) is 0 Å². The van der Waals surface area contributed by atoms with Crippen molar-refractivity contribution in [3.63, 3.8) is 0 Å². The highest BCUT2D eigenvalue weighted by molar-refractivity contribution is 5.25. The fourth-order valence-electron chi connectivity index (χ4n) is 1.99. The Morgan fingerprint density at radius 3 is 2.19 bits per heavy atom. The van der Waals surface area contributed by atoms with Crippen molar-refractivity contribution >= 4 is 0 Å². The third-order valence-electron chi connectivity index (χ3n) is 3.26. The van der Waals surface area contributed by atoms with Crippen LogP contribution in [0, 0.1) is 0 Å². The van der Waals surface area contributed by atoms with Gasteiger partial charge in [0.05, 0.1) is 0 Å². The maximum atomic E-state index is 3.44. The summed E-state index contributed by atoms with van der Waals surface area (Å²) < 4.78 is 0. The molecule has 16 heavy (non-hydrogen) atoms. The van der Waals surface area contributed by atoms with E-state index in [4.69, 9.17) is 0 Å². The van der Waals surface area contributed by atoms with E-state index in [9.17, 15) is 0 Å². The van der Waals surface area contributed by atoms with E-state index in [1.807, 2.05) is 0 Å². The third kappa shape index (κ3) is 3.97. The van der Waals surface area contributed by atoms with Crippen molar-refractivity contribution in [2.75, 3.05) is 6.54 Å². The molecule has 0 saturated heterocycles. The molecule has 1 aromatic carbocycles. The first kappa shape index (κ1) is 13.2. The van der Waals surface area contributed by atoms with Gasteiger partial charge in [-0.05, 0) is 43.4 Å². The van der Waals surface area contributed by atoms with E-state index in [2.05, 4.69) is 57.3 Å². The van der Waals surface area contributed by atoms with Crippen LogP contribution in [0.25, 0.3) is 0 Å². The summed E-state index contributed by atoms with van der Waals surface area (Å²) in [6.07, 6.45) is 2.34. The van der Waals surface area contributed by atoms with Crippen LogP contribution in [-0.4, -0.2) is 12.6 Å². The van der Waals surface area contributed by atoms with Crippen LogP contribution in [0.1, 0.15) is 51.2 Å². The Morgan fingerprint density at radius 2 is 1.69 bits per heavy atom. The monoisotopic (exact) mass is 219 g/mol. The summed E-state index contributed by atoms with van der Waals surface area (Å²) in [4.78, 5) is 0. The molecule has 1 rings (SSSR count). The van der Waals surface area contributed by atoms with Gasteiger partial charge in [0.25, 0.3) is 0 Å². The highest BCUT2D eigenvalue weighted by atomic mass is 14.9. The molecule has 90 valence electrons. The lowest BCUT2D eigenvalue weighted by Gasteiger charge is -2.13. The van der Waals surface area contributed by atoms with Gasteiger partial charge in [-0.25, -0.2) is 0 Å². The fourth-order valence-corrected chi connectivity index (χ4v) is 1.99. The number of hydrogen-bond donors (Lipinski definition) is 1. The zero-order valence-corrected chi connectivity index (χ0v) is 11.1. The van der Waals surface area contributed by atoms with Gasteiger partial charge in [0.2, 0.25) is 0 Å². The number of rotatable bonds is 6. The minimum atomic E-state index is 0.569. The first-order valence-electron chi connectivity index (χ1n) is 6.49. The summed E-state index contributed by atoms with van der Waals surface area (Å²) in [5.41, 5.74) is 2.89. The van der Waals surface area contributed by atoms with E-state index in [0.717, 1.165) is 13.0 Å². The molecule has 1 aromatic rings. The number of benzene rings is 1. The summed E-state index contributed by atoms with van der Waals surface area (Å²) >= 11 is 0. The second kappa shape index (κ2) is 6.70. The van der Waals surface area contributed by atoms with Crippen molar-refractivity contribution in [1.82, 2.24) is 5.32 Å². The van der Waals surface area contributed by atoms with Crippen LogP contribution in [0.3, 0.4) is 0 Å². The normalized spacial score (nSPS) is 14.8. The van der Waals surface area contributed by atoms with E-state index in [1.54, 1.807) is 0 Å². The fraction of sp³-hybridized carbons (Fsp3) is 0.600. The Balaban J connectivity index is 2.57. The van der Waals surface area contributed by atoms with Gasteiger partial charge in [-0.15, -0.1) is 0 Å². The van der Waals surface area contributed by atoms with E-state index in [0.29, 0.717) is 12.0 Å². The van der Waals surface area contributed by atoms with E-state index in [-0.39, 0.29) is 0 Å². The van der Waals surface area contributed by atoms with E-state index in [1.165, 1.54) is 17.5 Å². The molecule has 1 heteroatoms. The molecule has 0 aliphatic rings. The molecule has 1 nitrogen and oxygen atoms in total. The van der Waals surface area contributed by atoms with Crippen molar-refractivity contribution in [1.29, 1.82) is 0 Å². The van der Waals surface area contributed by atoms with Gasteiger partial charge in [-0.3, -0.25) is 0 Å². The van der Waals surface area contributed by atoms with Crippen LogP contribution in [-0.2, 0) is 6.42 Å². The third-order valence-corrected chi connectivity index (χ3v) is 3.26. The van der Waals surface area contributed by atoms with Crippen molar-refractivity contribution < 1.29 is 0 Å². The molecule has 0 radical (unpaired) electrons. The molecule has 0 spiro atoms. The molecule has 0 heterocycles. The van der Waals surface area contributed by atoms with Crippen LogP contribution in [0.2, 0.25) is 0 Å². The molecule has 0 aliphatic heterocycles. The average molecular weight is 219 g/mol. The lowest BCUT2D eigenvalue weighted by atomic mass is 9.96. The molecule has 0 aliphatic carbocycles. The quantitative estimate of drug-likeness (QED) is 0.768. The standard InChI is InChI=1S/C15H25N/c1-5-12(3)15-9-7-14(8-10-15)11-13(4)16-6-2/h7-10,12-13,16H,5-6,11H2,1-4H3. The molecule has 0 amide bonds. The van der Waals surface area contributed by atoms with Gasteiger partial charge in [0, 0.05) is 6.04 Å². The van der Waals surface area contributed by atoms with Crippen molar-refractivity contribution in [3.05, 3.63) is 35.4 Å². The minimum Gasteiger partial charge on any atom is -0.314 e. The molecule has 2 atom stereocenters. The van der Waals surface area contributed by atoms with Crippen molar-refractivity contribution in [3.8, 4) is 0 Å². The summed E-state index contributed by atoms with van der Waals surface area (Å²) in [6, 6.07) is 9.68. The SMILES string of the molecule is CCNC(C)Cc1ccc(C(C)CC)cc1. The maximum Gasteiger partial charge on any atom is 0.00790 e. The van der Waals surface area contributed by atoms with Gasteiger partial charge in [0.15, 0.2) is 0 Å². The first-order valence-corrected chi connectivity index (χ1v) is 6.49. The van der Waals surface area contributed by atoms with Crippen molar-refractivity contribution in [2.45, 2.75) is 52.5 Å². The lowest BCUT2D eigenvalue weighted by Crippen LogP contribution is -2.27. The van der Waals surface area contributed by atoms with Gasteiger partial charge in [-0.2, -0.15) is 0 Å². The topological polar surface area (TPSA) is 12.0 Å². The van der Waals surface area contributed by atoms with Gasteiger partial charge >= 0.3 is 0 Å². The second-order valence-corrected chi connectivity index (χ2v) is 4.71. The number of hydrogen-bond acceptors (Lipinski definition) is 1. The summed E-state index contributed by atoms with van der Waals surface area (Å²) in [7, 11) is 0. The molecular weight excluding hydrogens is 194 g/mol. The second-order valence-electron chi connectivity index (χ2n) is 4.71. The Kier molecular flexibility index (Phi) is 5.54. The largest absolute Gasteiger partial charge is 0.314 e. The zero-order chi connectivity index (χ0) is 12.0. The first-order chi connectivity index (χ1) is 7.67. The molecule has 0 aromatic heterocycles. The predicted octanol–water partition coefficient (Wildman–Crippen LogP) is 3.74. The summed E-state index contributed by atoms with van der Waals surface area (Å²) in [6.45, 7) is 9.98. The van der Waals surface area contributed by atoms with Gasteiger partial charge in [0.1, 0.15) is 0 Å². The molecular formula is C15H25N.